The van der Waals surface area contributed by atoms with E-state index in [4.69, 9.17) is 30.1 Å². The first-order chi connectivity index (χ1) is 9.59. The van der Waals surface area contributed by atoms with Gasteiger partial charge in [0.05, 0.1) is 7.82 Å². The van der Waals surface area contributed by atoms with Gasteiger partial charge in [-0.1, -0.05) is 18.2 Å². The van der Waals surface area contributed by atoms with Crippen LogP contribution >= 0.6 is 7.82 Å². The van der Waals surface area contributed by atoms with Crippen LogP contribution in [0, 0.1) is 0 Å². The second kappa shape index (κ2) is 6.84. The molecule has 0 aliphatic heterocycles. The third-order valence-electron chi connectivity index (χ3n) is 2.74. The van der Waals surface area contributed by atoms with Crippen LogP contribution < -0.4 is 15.5 Å². The third-order valence-corrected chi connectivity index (χ3v) is 2.74. The lowest BCUT2D eigenvalue weighted by molar-refractivity contribution is -0.337. The number of carboxylic acids is 1. The van der Waals surface area contributed by atoms with Gasteiger partial charge in [0.1, 0.15) is 6.04 Å². The second-order valence-electron chi connectivity index (χ2n) is 4.40. The second-order valence-corrected chi connectivity index (χ2v) is 5.34. The van der Waals surface area contributed by atoms with Crippen molar-refractivity contribution in [1.82, 2.24) is 4.57 Å². The first kappa shape index (κ1) is 17.4. The summed E-state index contributed by atoms with van der Waals surface area (Å²) in [5, 5.41) is 9.86. The monoisotopic (exact) mass is 316 g/mol. The lowest BCUT2D eigenvalue weighted by atomic mass is 10.1. The summed E-state index contributed by atoms with van der Waals surface area (Å²) in [6.07, 6.45) is 2.30. The number of rotatable bonds is 3. The molecule has 4 N–H and O–H groups in total. The molecular weight excluding hydrogens is 299 g/mol. The van der Waals surface area contributed by atoms with Crippen molar-refractivity contribution in [3.05, 3.63) is 36.0 Å². The predicted octanol–water partition coefficient (Wildman–Crippen LogP) is -0.835. The van der Waals surface area contributed by atoms with Crippen LogP contribution in [0.2, 0.25) is 0 Å². The Morgan fingerprint density at radius 1 is 1.48 bits per heavy atom. The Morgan fingerprint density at radius 2 is 2.00 bits per heavy atom. The van der Waals surface area contributed by atoms with Crippen LogP contribution in [-0.2, 0) is 22.8 Å². The maximum atomic E-state index is 10.7. The number of nitrogens with two attached hydrogens (primary N) is 1. The first-order valence-electron chi connectivity index (χ1n) is 5.85. The van der Waals surface area contributed by atoms with E-state index in [1.54, 1.807) is 0 Å². The van der Waals surface area contributed by atoms with E-state index in [2.05, 4.69) is 0 Å². The Kier molecular flexibility index (Phi) is 5.65. The van der Waals surface area contributed by atoms with Gasteiger partial charge >= 0.3 is 8.82 Å². The molecule has 21 heavy (non-hydrogen) atoms. The largest absolute Gasteiger partial charge is 1.00 e. The topological polar surface area (TPSA) is 152 Å². The Bertz CT molecular complexity index is 679. The molecule has 2 rings (SSSR count). The Balaban J connectivity index is 0. The summed E-state index contributed by atoms with van der Waals surface area (Å²) in [6, 6.07) is 7.05. The van der Waals surface area contributed by atoms with Crippen LogP contribution in [0.3, 0.4) is 0 Å². The molecule has 1 aromatic heterocycles. The number of carboxylic acid groups (broad SMARTS) is 1. The molecule has 0 bridgehead atoms. The molecule has 116 valence electrons. The van der Waals surface area contributed by atoms with E-state index in [9.17, 15) is 4.79 Å². The fourth-order valence-electron chi connectivity index (χ4n) is 1.91. The van der Waals surface area contributed by atoms with Gasteiger partial charge in [-0.25, -0.2) is 0 Å². The molecule has 0 saturated heterocycles. The normalized spacial score (nSPS) is 12.6. The molecule has 1 atom stereocenters. The van der Waals surface area contributed by atoms with Crippen molar-refractivity contribution in [3.8, 4) is 0 Å². The number of aliphatic carboxylic acids is 1. The van der Waals surface area contributed by atoms with Crippen molar-refractivity contribution in [2.45, 2.75) is 12.5 Å². The molecule has 0 amide bonds. The summed E-state index contributed by atoms with van der Waals surface area (Å²) in [5.41, 5.74) is 7.61. The SMILES string of the molecule is Cn1cc(C[C@@H](N)C(=O)O)c2ccccc21.O=P([O-])([O-])O.[H+].[H+]. The number of fused-ring (bicyclic) bond motifs is 1. The van der Waals surface area contributed by atoms with E-state index in [-0.39, 0.29) is 2.85 Å². The van der Waals surface area contributed by atoms with E-state index < -0.39 is 19.8 Å². The standard InChI is InChI=1S/C12H14N2O2.H3O4P/c1-14-7-8(6-10(13)12(15)16)9-4-2-3-5-11(9)14;1-5(2,3)4/h2-5,7,10H,6,13H2,1H3,(H,15,16);(H3,1,2,3,4)/t10-;/m1./s1. The molecule has 1 heterocycles. The van der Waals surface area contributed by atoms with Crippen molar-refractivity contribution < 1.29 is 32.0 Å². The Morgan fingerprint density at radius 3 is 2.52 bits per heavy atom. The van der Waals surface area contributed by atoms with Crippen molar-refractivity contribution in [3.63, 3.8) is 0 Å². The van der Waals surface area contributed by atoms with Crippen LogP contribution in [0.1, 0.15) is 8.42 Å². The molecular formula is C12H17N2O6P. The Hall–Kier alpha value is -1.70. The van der Waals surface area contributed by atoms with Gasteiger partial charge in [-0.3, -0.25) is 4.79 Å². The number of phosphoric acid groups is 1. The molecule has 0 fully saturated rings. The number of benzene rings is 1. The molecule has 2 aromatic rings. The zero-order chi connectivity index (χ0) is 16.2. The summed E-state index contributed by atoms with van der Waals surface area (Å²) in [6.45, 7) is 0. The molecule has 8 nitrogen and oxygen atoms in total. The number of aromatic nitrogens is 1. The minimum absolute atomic E-state index is 0. The molecule has 0 unspecified atom stereocenters. The highest BCUT2D eigenvalue weighted by Crippen LogP contribution is 2.21. The van der Waals surface area contributed by atoms with Gasteiger partial charge in [0.25, 0.3) is 0 Å². The van der Waals surface area contributed by atoms with Gasteiger partial charge in [0.2, 0.25) is 0 Å². The maximum absolute atomic E-state index is 10.7. The highest BCUT2D eigenvalue weighted by Gasteiger charge is 2.15. The quantitative estimate of drug-likeness (QED) is 0.624. The minimum atomic E-state index is -5.14. The van der Waals surface area contributed by atoms with Gasteiger partial charge in [-0.2, -0.15) is 0 Å². The number of hydrogen-bond donors (Lipinski definition) is 3. The fraction of sp³-hybridized carbons (Fsp3) is 0.250. The highest BCUT2D eigenvalue weighted by atomic mass is 31.2. The average molecular weight is 316 g/mol. The van der Waals surface area contributed by atoms with Crippen LogP contribution in [0.15, 0.2) is 30.5 Å². The van der Waals surface area contributed by atoms with E-state index in [1.807, 2.05) is 42.1 Å². The molecule has 0 aliphatic rings. The molecule has 0 spiro atoms. The smallest absolute Gasteiger partial charge is 0.790 e. The summed E-state index contributed by atoms with van der Waals surface area (Å²) in [7, 11) is -3.20. The zero-order valence-corrected chi connectivity index (χ0v) is 12.1. The maximum Gasteiger partial charge on any atom is 1.00 e. The minimum Gasteiger partial charge on any atom is -0.790 e. The number of para-hydroxylation sites is 1. The van der Waals surface area contributed by atoms with Crippen molar-refractivity contribution in [1.29, 1.82) is 0 Å². The number of nitrogens with zero attached hydrogens (tertiary/aromatic N) is 1. The van der Waals surface area contributed by atoms with Gasteiger partial charge in [-0.15, -0.1) is 0 Å². The molecule has 1 aromatic carbocycles. The molecule has 0 aliphatic carbocycles. The van der Waals surface area contributed by atoms with Crippen LogP contribution in [0.5, 0.6) is 0 Å². The average Bonchev–Trinajstić information content (AvgIpc) is 2.65. The number of aryl methyl sites for hydroxylation is 1. The molecule has 0 saturated carbocycles. The van der Waals surface area contributed by atoms with Crippen LogP contribution in [0.25, 0.3) is 10.9 Å². The zero-order valence-electron chi connectivity index (χ0n) is 13.2. The van der Waals surface area contributed by atoms with Crippen molar-refractivity contribution in [2.75, 3.05) is 0 Å². The predicted molar refractivity (Wildman–Crippen MR) is 74.3 cm³/mol. The summed E-state index contributed by atoms with van der Waals surface area (Å²) < 4.78 is 10.6. The van der Waals surface area contributed by atoms with Gasteiger partial charge in [0.15, 0.2) is 0 Å². The van der Waals surface area contributed by atoms with E-state index in [1.165, 1.54) is 0 Å². The van der Waals surface area contributed by atoms with E-state index in [0.717, 1.165) is 16.5 Å². The lowest BCUT2D eigenvalue weighted by Gasteiger charge is -2.19. The van der Waals surface area contributed by atoms with Crippen LogP contribution in [-0.4, -0.2) is 26.6 Å². The van der Waals surface area contributed by atoms with Gasteiger partial charge < -0.3 is 34.7 Å². The van der Waals surface area contributed by atoms with Crippen molar-refractivity contribution in [2.24, 2.45) is 12.8 Å². The van der Waals surface area contributed by atoms with Crippen LogP contribution in [0.4, 0.5) is 0 Å². The Labute approximate surface area is 123 Å². The van der Waals surface area contributed by atoms with E-state index >= 15 is 0 Å². The summed E-state index contributed by atoms with van der Waals surface area (Å²) in [5.74, 6) is -0.965. The molecule has 0 radical (unpaired) electrons. The third kappa shape index (κ3) is 5.66. The van der Waals surface area contributed by atoms with Gasteiger partial charge in [-0.05, 0) is 11.6 Å². The summed E-state index contributed by atoms with van der Waals surface area (Å²) in [4.78, 5) is 35.0. The fourth-order valence-corrected chi connectivity index (χ4v) is 1.91. The summed E-state index contributed by atoms with van der Waals surface area (Å²) >= 11 is 0. The van der Waals surface area contributed by atoms with Gasteiger partial charge in [0, 0.05) is 30.6 Å². The lowest BCUT2D eigenvalue weighted by Crippen LogP contribution is -2.32. The molecule has 9 heteroatoms. The van der Waals surface area contributed by atoms with E-state index in [0.29, 0.717) is 6.42 Å². The highest BCUT2D eigenvalue weighted by molar-refractivity contribution is 7.42. The number of hydrogen-bond acceptors (Lipinski definition) is 5. The first-order valence-corrected chi connectivity index (χ1v) is 7.35. The number of carbonyl (C=O) groups is 1. The van der Waals surface area contributed by atoms with Crippen molar-refractivity contribution >= 4 is 24.7 Å².